The molecule has 0 saturated carbocycles. The second kappa shape index (κ2) is 8.30. The molecule has 0 unspecified atom stereocenters. The molecule has 1 amide bonds. The van der Waals surface area contributed by atoms with Crippen molar-refractivity contribution in [1.82, 2.24) is 4.90 Å². The molecular weight excluding hydrogens is 378 g/mol. The molecule has 0 radical (unpaired) electrons. The average Bonchev–Trinajstić information content (AvgIpc) is 2.76. The molecule has 8 heteroatoms. The van der Waals surface area contributed by atoms with Crippen LogP contribution in [0.5, 0.6) is 23.0 Å². The minimum Gasteiger partial charge on any atom is -0.486 e. The van der Waals surface area contributed by atoms with Gasteiger partial charge < -0.3 is 28.6 Å². The van der Waals surface area contributed by atoms with Crippen LogP contribution in [0.4, 0.5) is 0 Å². The highest BCUT2D eigenvalue weighted by Crippen LogP contribution is 2.32. The molecule has 0 fully saturated rings. The molecule has 0 bridgehead atoms. The number of carbonyl (C=O) groups is 2. The van der Waals surface area contributed by atoms with Crippen molar-refractivity contribution in [3.05, 3.63) is 48.0 Å². The van der Waals surface area contributed by atoms with Gasteiger partial charge in [-0.3, -0.25) is 4.79 Å². The van der Waals surface area contributed by atoms with Gasteiger partial charge >= 0.3 is 5.97 Å². The van der Waals surface area contributed by atoms with Crippen LogP contribution in [0.2, 0.25) is 0 Å². The topological polar surface area (TPSA) is 83.5 Å². The predicted molar refractivity (Wildman–Crippen MR) is 102 cm³/mol. The second-order valence-corrected chi connectivity index (χ2v) is 6.71. The quantitative estimate of drug-likeness (QED) is 0.710. The minimum absolute atomic E-state index is 0.297. The Kier molecular flexibility index (Phi) is 5.41. The van der Waals surface area contributed by atoms with Crippen molar-refractivity contribution >= 4 is 11.9 Å². The van der Waals surface area contributed by atoms with Crippen LogP contribution in [0.3, 0.4) is 0 Å². The number of benzene rings is 2. The Morgan fingerprint density at radius 1 is 1.00 bits per heavy atom. The lowest BCUT2D eigenvalue weighted by Crippen LogP contribution is -2.43. The van der Waals surface area contributed by atoms with E-state index < -0.39 is 5.97 Å². The Hall–Kier alpha value is -3.42. The van der Waals surface area contributed by atoms with E-state index in [1.807, 2.05) is 24.3 Å². The first kappa shape index (κ1) is 18.9. The van der Waals surface area contributed by atoms with Crippen LogP contribution in [-0.2, 0) is 9.53 Å². The van der Waals surface area contributed by atoms with Gasteiger partial charge in [0.2, 0.25) is 0 Å². The summed E-state index contributed by atoms with van der Waals surface area (Å²) in [6.07, 6.45) is -0.299. The first-order chi connectivity index (χ1) is 14.1. The zero-order chi connectivity index (χ0) is 20.2. The van der Waals surface area contributed by atoms with Crippen LogP contribution >= 0.6 is 0 Å². The van der Waals surface area contributed by atoms with Crippen molar-refractivity contribution in [1.29, 1.82) is 0 Å². The Balaban J connectivity index is 1.27. The first-order valence-electron chi connectivity index (χ1n) is 9.29. The predicted octanol–water partition coefficient (Wildman–Crippen LogP) is 1.91. The molecule has 2 aliphatic rings. The largest absolute Gasteiger partial charge is 0.486 e. The molecule has 29 heavy (non-hydrogen) atoms. The summed E-state index contributed by atoms with van der Waals surface area (Å²) in [6, 6.07) is 12.2. The highest BCUT2D eigenvalue weighted by atomic mass is 16.6. The van der Waals surface area contributed by atoms with Gasteiger partial charge in [0.15, 0.2) is 35.7 Å². The number of rotatable bonds is 5. The van der Waals surface area contributed by atoms with Gasteiger partial charge in [0.05, 0.1) is 12.1 Å². The number of para-hydroxylation sites is 2. The van der Waals surface area contributed by atoms with Crippen LogP contribution < -0.4 is 18.9 Å². The molecule has 0 spiro atoms. The van der Waals surface area contributed by atoms with E-state index in [4.69, 9.17) is 23.7 Å². The van der Waals surface area contributed by atoms with E-state index in [0.717, 1.165) is 0 Å². The molecule has 2 aromatic rings. The van der Waals surface area contributed by atoms with Crippen LogP contribution in [0, 0.1) is 0 Å². The number of amides is 1. The minimum atomic E-state index is -0.602. The number of hydrogen-bond acceptors (Lipinski definition) is 7. The average molecular weight is 399 g/mol. The lowest BCUT2D eigenvalue weighted by molar-refractivity contribution is -0.134. The van der Waals surface area contributed by atoms with E-state index in [1.54, 1.807) is 25.2 Å². The molecule has 0 N–H and O–H groups in total. The molecule has 2 heterocycles. The molecule has 2 aromatic carbocycles. The maximum absolute atomic E-state index is 12.3. The number of hydrogen-bond donors (Lipinski definition) is 0. The summed E-state index contributed by atoms with van der Waals surface area (Å²) >= 11 is 0. The molecule has 2 aliphatic heterocycles. The van der Waals surface area contributed by atoms with Gasteiger partial charge in [0.1, 0.15) is 19.8 Å². The van der Waals surface area contributed by atoms with E-state index in [-0.39, 0.29) is 18.6 Å². The summed E-state index contributed by atoms with van der Waals surface area (Å²) in [4.78, 5) is 26.0. The summed E-state index contributed by atoms with van der Waals surface area (Å²) in [5, 5.41) is 0. The lowest BCUT2D eigenvalue weighted by atomic mass is 10.2. The second-order valence-electron chi connectivity index (χ2n) is 6.71. The number of carbonyl (C=O) groups excluding carboxylic acids is 2. The van der Waals surface area contributed by atoms with Crippen LogP contribution in [0.1, 0.15) is 10.4 Å². The molecule has 1 atom stereocenters. The number of ether oxygens (including phenoxy) is 5. The molecule has 8 nitrogen and oxygen atoms in total. The van der Waals surface area contributed by atoms with Gasteiger partial charge in [-0.2, -0.15) is 0 Å². The smallest absolute Gasteiger partial charge is 0.338 e. The maximum atomic E-state index is 12.3. The van der Waals surface area contributed by atoms with Gasteiger partial charge in [0, 0.05) is 7.05 Å². The van der Waals surface area contributed by atoms with Gasteiger partial charge in [0.25, 0.3) is 5.91 Å². The normalized spacial score (nSPS) is 16.7. The third-order valence-corrected chi connectivity index (χ3v) is 4.58. The van der Waals surface area contributed by atoms with E-state index in [9.17, 15) is 9.59 Å². The zero-order valence-corrected chi connectivity index (χ0v) is 16.0. The van der Waals surface area contributed by atoms with Crippen LogP contribution in [-0.4, -0.2) is 62.9 Å². The molecule has 0 saturated heterocycles. The summed E-state index contributed by atoms with van der Waals surface area (Å²) in [6.45, 7) is 1.18. The van der Waals surface area contributed by atoms with E-state index in [1.165, 1.54) is 4.90 Å². The highest BCUT2D eigenvalue weighted by Gasteiger charge is 2.24. The molecular formula is C21H21NO7. The Bertz CT molecular complexity index is 914. The van der Waals surface area contributed by atoms with Crippen molar-refractivity contribution in [3.63, 3.8) is 0 Å². The van der Waals surface area contributed by atoms with Gasteiger partial charge in [-0.25, -0.2) is 4.79 Å². The molecule has 0 aliphatic carbocycles. The molecule has 4 rings (SSSR count). The van der Waals surface area contributed by atoms with E-state index in [0.29, 0.717) is 54.9 Å². The Labute approximate surface area is 167 Å². The SMILES string of the molecule is CN(C[C@H]1COc2ccccc2O1)C(=O)COC(=O)c1ccc2c(c1)OCCO2. The van der Waals surface area contributed by atoms with Crippen molar-refractivity contribution < 1.29 is 33.3 Å². The van der Waals surface area contributed by atoms with Crippen molar-refractivity contribution in [2.75, 3.05) is 40.0 Å². The number of nitrogens with zero attached hydrogens (tertiary/aromatic N) is 1. The van der Waals surface area contributed by atoms with Crippen molar-refractivity contribution in [3.8, 4) is 23.0 Å². The fourth-order valence-electron chi connectivity index (χ4n) is 3.05. The lowest BCUT2D eigenvalue weighted by Gasteiger charge is -2.29. The van der Waals surface area contributed by atoms with E-state index >= 15 is 0 Å². The fraction of sp³-hybridized carbons (Fsp3) is 0.333. The van der Waals surface area contributed by atoms with Gasteiger partial charge in [-0.05, 0) is 30.3 Å². The van der Waals surface area contributed by atoms with Crippen LogP contribution in [0.15, 0.2) is 42.5 Å². The summed E-state index contributed by atoms with van der Waals surface area (Å²) in [7, 11) is 1.63. The number of likely N-dealkylation sites (N-methyl/N-ethyl adjacent to an activating group) is 1. The first-order valence-corrected chi connectivity index (χ1v) is 9.29. The van der Waals surface area contributed by atoms with Crippen molar-refractivity contribution in [2.24, 2.45) is 0 Å². The third-order valence-electron chi connectivity index (χ3n) is 4.58. The van der Waals surface area contributed by atoms with E-state index in [2.05, 4.69) is 0 Å². The van der Waals surface area contributed by atoms with Crippen LogP contribution in [0.25, 0.3) is 0 Å². The Morgan fingerprint density at radius 3 is 2.55 bits per heavy atom. The third kappa shape index (κ3) is 4.37. The molecule has 152 valence electrons. The summed E-state index contributed by atoms with van der Waals surface area (Å²) in [5.74, 6) is 1.47. The van der Waals surface area contributed by atoms with Crippen molar-refractivity contribution in [2.45, 2.75) is 6.10 Å². The van der Waals surface area contributed by atoms with Gasteiger partial charge in [-0.15, -0.1) is 0 Å². The highest BCUT2D eigenvalue weighted by molar-refractivity contribution is 5.92. The fourth-order valence-corrected chi connectivity index (χ4v) is 3.05. The maximum Gasteiger partial charge on any atom is 0.338 e. The standard InChI is InChI=1S/C21H21NO7/c1-22(11-15-12-27-16-4-2-3-5-18(16)29-15)20(23)13-28-21(24)14-6-7-17-19(10-14)26-9-8-25-17/h2-7,10,15H,8-9,11-13H2,1H3/t15-/m0/s1. The summed E-state index contributed by atoms with van der Waals surface area (Å²) < 4.78 is 27.5. The summed E-state index contributed by atoms with van der Waals surface area (Å²) in [5.41, 5.74) is 0.297. The zero-order valence-electron chi connectivity index (χ0n) is 16.0. The number of esters is 1. The van der Waals surface area contributed by atoms with Gasteiger partial charge in [-0.1, -0.05) is 12.1 Å². The Morgan fingerprint density at radius 2 is 1.72 bits per heavy atom. The molecule has 0 aromatic heterocycles. The number of fused-ring (bicyclic) bond motifs is 2. The monoisotopic (exact) mass is 399 g/mol.